The molecule has 0 unspecified atom stereocenters. The predicted octanol–water partition coefficient (Wildman–Crippen LogP) is 2.42. The molecule has 0 N–H and O–H groups in total. The van der Waals surface area contributed by atoms with Gasteiger partial charge in [0, 0.05) is 0 Å². The van der Waals surface area contributed by atoms with Crippen molar-refractivity contribution in [2.45, 2.75) is 18.8 Å². The van der Waals surface area contributed by atoms with Crippen LogP contribution in [0.15, 0.2) is 30.3 Å². The van der Waals surface area contributed by atoms with Crippen molar-refractivity contribution in [2.24, 2.45) is 10.8 Å². The Balaban J connectivity index is 2.81. The van der Waals surface area contributed by atoms with E-state index in [0.29, 0.717) is 12.0 Å². The first-order chi connectivity index (χ1) is 9.16. The molecule has 1 aliphatic carbocycles. The average Bonchev–Trinajstić information content (AvgIpc) is 3.05. The zero-order chi connectivity index (χ0) is 14.1. The van der Waals surface area contributed by atoms with Gasteiger partial charge in [-0.1, -0.05) is 37.3 Å². The Kier molecular flexibility index (Phi) is 2.56. The van der Waals surface area contributed by atoms with Gasteiger partial charge in [-0.2, -0.15) is 21.0 Å². The van der Waals surface area contributed by atoms with E-state index < -0.39 is 16.2 Å². The number of nitriles is 4. The Morgan fingerprint density at radius 3 is 1.58 bits per heavy atom. The highest BCUT2D eigenvalue weighted by atomic mass is 14.8. The third-order valence-corrected chi connectivity index (χ3v) is 4.25. The second-order valence-electron chi connectivity index (χ2n) is 4.57. The molecule has 0 amide bonds. The molecule has 0 bridgehead atoms. The lowest BCUT2D eigenvalue weighted by Gasteiger charge is -2.15. The second kappa shape index (κ2) is 3.84. The van der Waals surface area contributed by atoms with Crippen molar-refractivity contribution < 1.29 is 0 Å². The van der Waals surface area contributed by atoms with Crippen LogP contribution in [0.2, 0.25) is 0 Å². The van der Waals surface area contributed by atoms with Gasteiger partial charge in [-0.05, 0) is 12.0 Å². The zero-order valence-electron chi connectivity index (χ0n) is 10.4. The summed E-state index contributed by atoms with van der Waals surface area (Å²) in [4.78, 5) is 0. The van der Waals surface area contributed by atoms with Crippen molar-refractivity contribution in [3.8, 4) is 24.3 Å². The number of benzene rings is 1. The van der Waals surface area contributed by atoms with E-state index in [-0.39, 0.29) is 0 Å². The summed E-state index contributed by atoms with van der Waals surface area (Å²) >= 11 is 0. The minimum Gasteiger partial charge on any atom is -0.196 e. The highest BCUT2D eigenvalue weighted by molar-refractivity contribution is 5.64. The maximum absolute atomic E-state index is 9.41. The maximum atomic E-state index is 9.41. The van der Waals surface area contributed by atoms with E-state index >= 15 is 0 Å². The summed E-state index contributed by atoms with van der Waals surface area (Å²) in [6.07, 6.45) is 0.388. The summed E-state index contributed by atoms with van der Waals surface area (Å²) in [7, 11) is 0. The van der Waals surface area contributed by atoms with Crippen LogP contribution >= 0.6 is 0 Å². The van der Waals surface area contributed by atoms with Crippen molar-refractivity contribution >= 4 is 0 Å². The largest absolute Gasteiger partial charge is 0.196 e. The first kappa shape index (κ1) is 12.6. The van der Waals surface area contributed by atoms with Crippen LogP contribution in [0.25, 0.3) is 0 Å². The van der Waals surface area contributed by atoms with Crippen LogP contribution in [0.1, 0.15) is 18.9 Å². The smallest absolute Gasteiger partial charge is 0.188 e. The SMILES string of the molecule is CCC1(c2ccccc2)C(C#N)(C#N)C1(C#N)C#N. The van der Waals surface area contributed by atoms with Crippen molar-refractivity contribution in [3.05, 3.63) is 35.9 Å². The van der Waals surface area contributed by atoms with Crippen molar-refractivity contribution in [1.82, 2.24) is 0 Å². The molecular weight excluding hydrogens is 236 g/mol. The van der Waals surface area contributed by atoms with Gasteiger partial charge in [0.15, 0.2) is 10.8 Å². The van der Waals surface area contributed by atoms with Crippen LogP contribution in [-0.4, -0.2) is 0 Å². The Bertz CT molecular complexity index is 610. The molecule has 1 fully saturated rings. The average molecular weight is 246 g/mol. The predicted molar refractivity (Wildman–Crippen MR) is 65.7 cm³/mol. The molecule has 4 heteroatoms. The molecule has 0 spiro atoms. The van der Waals surface area contributed by atoms with Crippen molar-refractivity contribution in [2.75, 3.05) is 0 Å². The van der Waals surface area contributed by atoms with E-state index in [0.717, 1.165) is 0 Å². The van der Waals surface area contributed by atoms with Gasteiger partial charge in [0.05, 0.1) is 29.7 Å². The molecule has 1 aliphatic rings. The van der Waals surface area contributed by atoms with Crippen LogP contribution in [-0.2, 0) is 5.41 Å². The first-order valence-electron chi connectivity index (χ1n) is 5.87. The lowest BCUT2D eigenvalue weighted by molar-refractivity contribution is 0.561. The fourth-order valence-corrected chi connectivity index (χ4v) is 3.28. The molecule has 4 nitrogen and oxygen atoms in total. The summed E-state index contributed by atoms with van der Waals surface area (Å²) in [5.41, 5.74) is -3.53. The summed E-state index contributed by atoms with van der Waals surface area (Å²) < 4.78 is 0. The quantitative estimate of drug-likeness (QED) is 0.800. The van der Waals surface area contributed by atoms with Crippen LogP contribution in [0.3, 0.4) is 0 Å². The zero-order valence-corrected chi connectivity index (χ0v) is 10.4. The van der Waals surface area contributed by atoms with Gasteiger partial charge in [0.25, 0.3) is 0 Å². The monoisotopic (exact) mass is 246 g/mol. The topological polar surface area (TPSA) is 95.2 Å². The van der Waals surface area contributed by atoms with E-state index in [9.17, 15) is 21.0 Å². The van der Waals surface area contributed by atoms with Crippen LogP contribution in [0, 0.1) is 56.2 Å². The molecule has 19 heavy (non-hydrogen) atoms. The second-order valence-corrected chi connectivity index (χ2v) is 4.57. The van der Waals surface area contributed by atoms with E-state index in [1.165, 1.54) is 0 Å². The third-order valence-electron chi connectivity index (χ3n) is 4.25. The van der Waals surface area contributed by atoms with Crippen LogP contribution in [0.4, 0.5) is 0 Å². The summed E-state index contributed by atoms with van der Waals surface area (Å²) in [6, 6.07) is 16.6. The molecule has 0 aliphatic heterocycles. The minimum atomic E-state index is -1.60. The molecular formula is C15H10N4. The Labute approximate surface area is 111 Å². The number of hydrogen-bond acceptors (Lipinski definition) is 4. The maximum Gasteiger partial charge on any atom is 0.188 e. The van der Waals surface area contributed by atoms with Gasteiger partial charge in [-0.25, -0.2) is 0 Å². The van der Waals surface area contributed by atoms with E-state index in [4.69, 9.17) is 0 Å². The fraction of sp³-hybridized carbons (Fsp3) is 0.333. The molecule has 0 aromatic heterocycles. The van der Waals surface area contributed by atoms with E-state index in [1.807, 2.05) is 30.3 Å². The number of hydrogen-bond donors (Lipinski definition) is 0. The summed E-state index contributed by atoms with van der Waals surface area (Å²) in [5, 5.41) is 37.6. The normalized spacial score (nSPS) is 20.1. The lowest BCUT2D eigenvalue weighted by Crippen LogP contribution is -2.17. The highest BCUT2D eigenvalue weighted by Gasteiger charge is 2.91. The van der Waals surface area contributed by atoms with Gasteiger partial charge in [0.2, 0.25) is 0 Å². The molecule has 90 valence electrons. The van der Waals surface area contributed by atoms with Gasteiger partial charge in [-0.3, -0.25) is 0 Å². The Morgan fingerprint density at radius 2 is 1.26 bits per heavy atom. The summed E-state index contributed by atoms with van der Waals surface area (Å²) in [6.45, 7) is 1.80. The molecule has 0 radical (unpaired) electrons. The standard InChI is InChI=1S/C15H10N4/c1-2-15(12-6-4-3-5-7-12)13(8-16,9-17)14(15,10-18)11-19/h3-7H,2H2,1H3. The van der Waals surface area contributed by atoms with Gasteiger partial charge < -0.3 is 0 Å². The minimum absolute atomic E-state index is 0.388. The molecule has 1 saturated carbocycles. The lowest BCUT2D eigenvalue weighted by atomic mass is 9.83. The number of rotatable bonds is 2. The number of nitrogens with zero attached hydrogens (tertiary/aromatic N) is 4. The van der Waals surface area contributed by atoms with Crippen molar-refractivity contribution in [3.63, 3.8) is 0 Å². The molecule has 1 aromatic carbocycles. The Morgan fingerprint density at radius 1 is 0.842 bits per heavy atom. The molecule has 0 heterocycles. The van der Waals surface area contributed by atoms with Gasteiger partial charge in [-0.15, -0.1) is 0 Å². The molecule has 2 rings (SSSR count). The van der Waals surface area contributed by atoms with E-state index in [1.54, 1.807) is 31.2 Å². The van der Waals surface area contributed by atoms with Crippen molar-refractivity contribution in [1.29, 1.82) is 21.0 Å². The first-order valence-corrected chi connectivity index (χ1v) is 5.87. The highest BCUT2D eigenvalue weighted by Crippen LogP contribution is 2.79. The van der Waals surface area contributed by atoms with Crippen LogP contribution in [0.5, 0.6) is 0 Å². The van der Waals surface area contributed by atoms with Gasteiger partial charge >= 0.3 is 0 Å². The molecule has 1 aromatic rings. The van der Waals surface area contributed by atoms with E-state index in [2.05, 4.69) is 0 Å². The Hall–Kier alpha value is -2.82. The third kappa shape index (κ3) is 1.01. The fourth-order valence-electron chi connectivity index (χ4n) is 3.28. The van der Waals surface area contributed by atoms with Gasteiger partial charge in [0.1, 0.15) is 0 Å². The molecule has 0 saturated heterocycles. The molecule has 0 atom stereocenters. The van der Waals surface area contributed by atoms with Crippen LogP contribution < -0.4 is 0 Å². The summed E-state index contributed by atoms with van der Waals surface area (Å²) in [5.74, 6) is 0.